The monoisotopic (exact) mass is 406 g/mol. The van der Waals surface area contributed by atoms with E-state index >= 15 is 0 Å². The lowest BCUT2D eigenvalue weighted by Crippen LogP contribution is -2.32. The molecule has 0 saturated carbocycles. The molecule has 6 N–H and O–H groups in total. The number of anilines is 3. The van der Waals surface area contributed by atoms with Crippen LogP contribution >= 0.6 is 0 Å². The van der Waals surface area contributed by atoms with Gasteiger partial charge in [-0.25, -0.2) is 9.98 Å². The highest BCUT2D eigenvalue weighted by Gasteiger charge is 2.30. The first-order valence-corrected chi connectivity index (χ1v) is 9.27. The van der Waals surface area contributed by atoms with Gasteiger partial charge in [0.1, 0.15) is 35.1 Å². The smallest absolute Gasteiger partial charge is 0.211 e. The number of aliphatic imine (C=N–C) groups is 1. The van der Waals surface area contributed by atoms with Crippen LogP contribution in [0, 0.1) is 22.8 Å². The van der Waals surface area contributed by atoms with Crippen molar-refractivity contribution in [2.45, 2.75) is 26.0 Å². The zero-order valence-corrected chi connectivity index (χ0v) is 16.7. The highest BCUT2D eigenvalue weighted by molar-refractivity contribution is 5.98. The van der Waals surface area contributed by atoms with Gasteiger partial charge >= 0.3 is 0 Å². The number of fused-ring (bicyclic) bond motifs is 1. The summed E-state index contributed by atoms with van der Waals surface area (Å²) in [6, 6.07) is 6.99. The normalized spacial score (nSPS) is 14.5. The SMILES string of the molecule is CCCOc1ccc(C2N=C(NC#N)Nc3nc(N)c(C#N)c(N)c32)cc1COC. The van der Waals surface area contributed by atoms with E-state index in [1.807, 2.05) is 37.4 Å². The second-order valence-electron chi connectivity index (χ2n) is 6.55. The fourth-order valence-corrected chi connectivity index (χ4v) is 3.21. The van der Waals surface area contributed by atoms with Gasteiger partial charge in [0.15, 0.2) is 6.19 Å². The predicted molar refractivity (Wildman–Crippen MR) is 112 cm³/mol. The Morgan fingerprint density at radius 3 is 2.77 bits per heavy atom. The minimum atomic E-state index is -0.617. The third-order valence-electron chi connectivity index (χ3n) is 4.52. The molecule has 0 amide bonds. The maximum Gasteiger partial charge on any atom is 0.211 e. The third kappa shape index (κ3) is 3.90. The largest absolute Gasteiger partial charge is 0.493 e. The quantitative estimate of drug-likeness (QED) is 0.414. The molecule has 1 aliphatic heterocycles. The van der Waals surface area contributed by atoms with Crippen LogP contribution in [-0.2, 0) is 11.3 Å². The van der Waals surface area contributed by atoms with E-state index in [2.05, 4.69) is 20.6 Å². The van der Waals surface area contributed by atoms with Gasteiger partial charge in [-0.1, -0.05) is 13.0 Å². The number of hydrogen-bond acceptors (Lipinski definition) is 10. The van der Waals surface area contributed by atoms with Gasteiger partial charge in [0.25, 0.3) is 0 Å². The molecular weight excluding hydrogens is 384 g/mol. The van der Waals surface area contributed by atoms with Crippen molar-refractivity contribution in [2.24, 2.45) is 4.99 Å². The molecule has 0 aliphatic carbocycles. The van der Waals surface area contributed by atoms with Crippen LogP contribution in [0.3, 0.4) is 0 Å². The fraction of sp³-hybridized carbons (Fsp3) is 0.300. The molecule has 2 heterocycles. The Bertz CT molecular complexity index is 1070. The standard InChI is InChI=1S/C20H22N8O2/c1-3-6-30-14-5-4-11(7-12(14)9-29-2)17-15-16(23)13(8-21)18(24)27-19(15)28-20(26-17)25-10-22/h4-5,7,17H,3,6,9H2,1-2H3,(H6,23,24,25,26,27,28). The van der Waals surface area contributed by atoms with E-state index in [4.69, 9.17) is 26.2 Å². The van der Waals surface area contributed by atoms with Crippen molar-refractivity contribution in [2.75, 3.05) is 30.5 Å². The van der Waals surface area contributed by atoms with Crippen LogP contribution in [-0.4, -0.2) is 24.7 Å². The van der Waals surface area contributed by atoms with Crippen LogP contribution in [0.4, 0.5) is 17.3 Å². The molecule has 30 heavy (non-hydrogen) atoms. The third-order valence-corrected chi connectivity index (χ3v) is 4.52. The highest BCUT2D eigenvalue weighted by atomic mass is 16.5. The molecule has 154 valence electrons. The number of hydrogen-bond donors (Lipinski definition) is 4. The number of guanidine groups is 1. The molecule has 1 unspecified atom stereocenters. The van der Waals surface area contributed by atoms with E-state index in [-0.39, 0.29) is 23.0 Å². The molecule has 0 fully saturated rings. The van der Waals surface area contributed by atoms with Gasteiger partial charge in [-0.15, -0.1) is 0 Å². The molecule has 1 aromatic carbocycles. The molecule has 0 radical (unpaired) electrons. The number of nitrogens with one attached hydrogen (secondary N) is 2. The summed E-state index contributed by atoms with van der Waals surface area (Å²) in [6.07, 6.45) is 2.71. The van der Waals surface area contributed by atoms with Gasteiger partial charge in [-0.2, -0.15) is 10.5 Å². The van der Waals surface area contributed by atoms with Crippen molar-refractivity contribution in [3.05, 3.63) is 40.5 Å². The van der Waals surface area contributed by atoms with Gasteiger partial charge in [-0.3, -0.25) is 5.32 Å². The topological polar surface area (TPSA) is 167 Å². The number of methoxy groups -OCH3 is 1. The van der Waals surface area contributed by atoms with Crippen LogP contribution in [0.15, 0.2) is 23.2 Å². The molecule has 1 aliphatic rings. The first-order chi connectivity index (χ1) is 14.5. The summed E-state index contributed by atoms with van der Waals surface area (Å²) in [7, 11) is 1.60. The number of aromatic nitrogens is 1. The Labute approximate surface area is 174 Å². The molecule has 1 atom stereocenters. The highest BCUT2D eigenvalue weighted by Crippen LogP contribution is 2.41. The van der Waals surface area contributed by atoms with Gasteiger partial charge in [-0.05, 0) is 24.1 Å². The molecule has 0 spiro atoms. The van der Waals surface area contributed by atoms with Gasteiger partial charge < -0.3 is 26.3 Å². The summed E-state index contributed by atoms with van der Waals surface area (Å²) < 4.78 is 11.1. The van der Waals surface area contributed by atoms with Crippen molar-refractivity contribution in [1.82, 2.24) is 10.3 Å². The zero-order chi connectivity index (χ0) is 21.7. The Morgan fingerprint density at radius 1 is 1.30 bits per heavy atom. The zero-order valence-electron chi connectivity index (χ0n) is 16.7. The molecule has 3 rings (SSSR count). The lowest BCUT2D eigenvalue weighted by molar-refractivity contribution is 0.179. The van der Waals surface area contributed by atoms with Crippen LogP contribution in [0.2, 0.25) is 0 Å². The first-order valence-electron chi connectivity index (χ1n) is 9.27. The van der Waals surface area contributed by atoms with E-state index < -0.39 is 6.04 Å². The summed E-state index contributed by atoms with van der Waals surface area (Å²) in [4.78, 5) is 8.82. The van der Waals surface area contributed by atoms with Gasteiger partial charge in [0, 0.05) is 18.2 Å². The van der Waals surface area contributed by atoms with Crippen LogP contribution in [0.25, 0.3) is 0 Å². The summed E-state index contributed by atoms with van der Waals surface area (Å²) in [5.41, 5.74) is 14.6. The lowest BCUT2D eigenvalue weighted by Gasteiger charge is -2.26. The molecule has 10 heteroatoms. The Hall–Kier alpha value is -4.02. The Balaban J connectivity index is 2.16. The Morgan fingerprint density at radius 2 is 2.10 bits per heavy atom. The average molecular weight is 406 g/mol. The van der Waals surface area contributed by atoms with Crippen LogP contribution < -0.4 is 26.8 Å². The fourth-order valence-electron chi connectivity index (χ4n) is 3.21. The molecule has 10 nitrogen and oxygen atoms in total. The van der Waals surface area contributed by atoms with E-state index in [1.54, 1.807) is 7.11 Å². The van der Waals surface area contributed by atoms with E-state index in [0.29, 0.717) is 24.6 Å². The molecule has 0 saturated heterocycles. The number of nitrogen functional groups attached to an aromatic ring is 2. The number of nitriles is 2. The number of rotatable bonds is 6. The van der Waals surface area contributed by atoms with E-state index in [9.17, 15) is 5.26 Å². The molecule has 2 aromatic rings. The number of nitrogens with zero attached hydrogens (tertiary/aromatic N) is 4. The van der Waals surface area contributed by atoms with Crippen molar-refractivity contribution in [3.63, 3.8) is 0 Å². The number of pyridine rings is 1. The summed E-state index contributed by atoms with van der Waals surface area (Å²) in [5.74, 6) is 1.26. The minimum Gasteiger partial charge on any atom is -0.493 e. The van der Waals surface area contributed by atoms with E-state index in [0.717, 1.165) is 23.3 Å². The summed E-state index contributed by atoms with van der Waals surface area (Å²) in [5, 5.41) is 23.8. The second-order valence-corrected chi connectivity index (χ2v) is 6.55. The van der Waals surface area contributed by atoms with Crippen molar-refractivity contribution < 1.29 is 9.47 Å². The predicted octanol–water partition coefficient (Wildman–Crippen LogP) is 1.99. The number of ether oxygens (including phenoxy) is 2. The first kappa shape index (κ1) is 20.7. The summed E-state index contributed by atoms with van der Waals surface area (Å²) >= 11 is 0. The second kappa shape index (κ2) is 8.99. The van der Waals surface area contributed by atoms with Crippen molar-refractivity contribution >= 4 is 23.3 Å². The molecule has 0 bridgehead atoms. The van der Waals surface area contributed by atoms with Crippen LogP contribution in [0.1, 0.15) is 41.6 Å². The van der Waals surface area contributed by atoms with Crippen LogP contribution in [0.5, 0.6) is 5.75 Å². The number of nitrogens with two attached hydrogens (primary N) is 2. The minimum absolute atomic E-state index is 0.00148. The Kier molecular flexibility index (Phi) is 6.20. The maximum absolute atomic E-state index is 9.43. The average Bonchev–Trinajstić information content (AvgIpc) is 2.73. The number of benzene rings is 1. The molecular formula is C20H22N8O2. The van der Waals surface area contributed by atoms with E-state index in [1.165, 1.54) is 0 Å². The van der Waals surface area contributed by atoms with Gasteiger partial charge in [0.05, 0.1) is 18.9 Å². The van der Waals surface area contributed by atoms with Crippen molar-refractivity contribution in [1.29, 1.82) is 10.5 Å². The van der Waals surface area contributed by atoms with Gasteiger partial charge in [0.2, 0.25) is 5.96 Å². The maximum atomic E-state index is 9.43. The molecule has 1 aromatic heterocycles. The lowest BCUT2D eigenvalue weighted by atomic mass is 9.94. The summed E-state index contributed by atoms with van der Waals surface area (Å²) in [6.45, 7) is 2.96. The van der Waals surface area contributed by atoms with Crippen molar-refractivity contribution in [3.8, 4) is 18.0 Å².